The number of ether oxygens (including phenoxy) is 2. The first kappa shape index (κ1) is 7.10. The lowest BCUT2D eigenvalue weighted by Gasteiger charge is -1.97. The van der Waals surface area contributed by atoms with Gasteiger partial charge >= 0.3 is 0 Å². The van der Waals surface area contributed by atoms with Crippen molar-refractivity contribution in [1.29, 1.82) is 0 Å². The van der Waals surface area contributed by atoms with Gasteiger partial charge in [0.25, 0.3) is 0 Å². The zero-order valence-electron chi connectivity index (χ0n) is 4.64. The Morgan fingerprint density at radius 2 is 2.14 bits per heavy atom. The van der Waals surface area contributed by atoms with Gasteiger partial charge in [-0.2, -0.15) is 0 Å². The lowest BCUT2D eigenvalue weighted by molar-refractivity contribution is -0.0817. The van der Waals surface area contributed by atoms with Crippen molar-refractivity contribution in [2.24, 2.45) is 0 Å². The first-order valence-electron chi connectivity index (χ1n) is 1.97. The fraction of sp³-hybridized carbons (Fsp3) is 1.00. The van der Waals surface area contributed by atoms with E-state index >= 15 is 0 Å². The van der Waals surface area contributed by atoms with Crippen LogP contribution in [-0.2, 0) is 13.9 Å². The summed E-state index contributed by atoms with van der Waals surface area (Å²) in [5.74, 6) is 0. The molecule has 4 heteroatoms. The third-order valence-corrected chi connectivity index (χ3v) is 0.638. The molecule has 0 N–H and O–H groups in total. The van der Waals surface area contributed by atoms with Crippen molar-refractivity contribution in [3.05, 3.63) is 0 Å². The molecule has 0 atom stereocenters. The Morgan fingerprint density at radius 3 is 2.57 bits per heavy atom. The zero-order chi connectivity index (χ0) is 5.54. The molecule has 7 heavy (non-hydrogen) atoms. The molecule has 0 saturated carbocycles. The van der Waals surface area contributed by atoms with Gasteiger partial charge in [0, 0.05) is 7.11 Å². The molecule has 0 heterocycles. The molecule has 0 aliphatic rings. The summed E-state index contributed by atoms with van der Waals surface area (Å²) in [4.78, 5) is 0. The molecule has 0 aromatic carbocycles. The highest BCUT2D eigenvalue weighted by Gasteiger charge is 1.76. The normalized spacial score (nSPS) is 9.86. The van der Waals surface area contributed by atoms with Gasteiger partial charge in [-0.25, -0.2) is 0 Å². The Labute approximate surface area is 46.1 Å². The quantitative estimate of drug-likeness (QED) is 0.268. The number of hydrogen-bond donors (Lipinski definition) is 0. The Balaban J connectivity index is 2.45. The van der Waals surface area contributed by atoms with Crippen molar-refractivity contribution in [2.75, 3.05) is 20.7 Å². The highest BCUT2D eigenvalue weighted by Crippen LogP contribution is 1.71. The van der Waals surface area contributed by atoms with Crippen molar-refractivity contribution in [1.82, 2.24) is 0 Å². The van der Waals surface area contributed by atoms with Crippen LogP contribution in [-0.4, -0.2) is 31.2 Å². The van der Waals surface area contributed by atoms with Gasteiger partial charge in [0.1, 0.15) is 24.1 Å². The van der Waals surface area contributed by atoms with Crippen molar-refractivity contribution in [2.45, 2.75) is 0 Å². The summed E-state index contributed by atoms with van der Waals surface area (Å²) in [5, 5.41) is 0. The van der Waals surface area contributed by atoms with Crippen LogP contribution in [0.2, 0.25) is 0 Å². The largest absolute Gasteiger partial charge is 0.406 e. The molecule has 0 aromatic heterocycles. The highest BCUT2D eigenvalue weighted by atomic mass is 28.2. The van der Waals surface area contributed by atoms with Gasteiger partial charge < -0.3 is 13.9 Å². The van der Waals surface area contributed by atoms with Crippen LogP contribution in [0.1, 0.15) is 0 Å². The lowest BCUT2D eigenvalue weighted by Crippen LogP contribution is -1.99. The van der Waals surface area contributed by atoms with Gasteiger partial charge in [0.15, 0.2) is 0 Å². The van der Waals surface area contributed by atoms with E-state index in [-0.39, 0.29) is 0 Å². The molecule has 0 spiro atoms. The number of hydrogen-bond acceptors (Lipinski definition) is 3. The van der Waals surface area contributed by atoms with Crippen LogP contribution in [0.3, 0.4) is 0 Å². The van der Waals surface area contributed by atoms with E-state index < -0.39 is 0 Å². The molecular weight excluding hydrogens is 112 g/mol. The van der Waals surface area contributed by atoms with Gasteiger partial charge in [-0.1, -0.05) is 0 Å². The van der Waals surface area contributed by atoms with E-state index in [1.165, 1.54) is 0 Å². The van der Waals surface area contributed by atoms with Crippen molar-refractivity contribution < 1.29 is 13.9 Å². The van der Waals surface area contributed by atoms with E-state index in [9.17, 15) is 0 Å². The van der Waals surface area contributed by atoms with E-state index in [4.69, 9.17) is 4.74 Å². The standard InChI is InChI=1S/C3H10O3Si/c1-4-2-5-3-6-7/h2-3H2,1,7H3. The molecule has 0 aliphatic heterocycles. The first-order chi connectivity index (χ1) is 3.41. The third-order valence-electron chi connectivity index (χ3n) is 0.402. The SMILES string of the molecule is COCOCO[SiH3]. The Morgan fingerprint density at radius 1 is 1.43 bits per heavy atom. The second kappa shape index (κ2) is 6.10. The smallest absolute Gasteiger partial charge is 0.149 e. The molecule has 0 aliphatic carbocycles. The van der Waals surface area contributed by atoms with Gasteiger partial charge in [-0.05, 0) is 0 Å². The van der Waals surface area contributed by atoms with E-state index in [1.807, 2.05) is 0 Å². The van der Waals surface area contributed by atoms with Crippen LogP contribution < -0.4 is 0 Å². The maximum atomic E-state index is 4.72. The molecule has 0 aromatic rings. The summed E-state index contributed by atoms with van der Waals surface area (Å²) in [6, 6.07) is 0. The average molecular weight is 122 g/mol. The minimum Gasteiger partial charge on any atom is -0.406 e. The second-order valence-electron chi connectivity index (χ2n) is 1.02. The van der Waals surface area contributed by atoms with E-state index in [0.29, 0.717) is 13.6 Å². The maximum Gasteiger partial charge on any atom is 0.149 e. The fourth-order valence-electron chi connectivity index (χ4n) is 0.201. The van der Waals surface area contributed by atoms with Crippen LogP contribution in [0.15, 0.2) is 0 Å². The van der Waals surface area contributed by atoms with Gasteiger partial charge in [0.05, 0.1) is 0 Å². The Kier molecular flexibility index (Phi) is 6.18. The summed E-state index contributed by atoms with van der Waals surface area (Å²) in [7, 11) is 2.30. The second-order valence-corrected chi connectivity index (χ2v) is 1.59. The Bertz CT molecular complexity index is 29.4. The summed E-state index contributed by atoms with van der Waals surface area (Å²) >= 11 is 0. The predicted molar refractivity (Wildman–Crippen MR) is 28.9 cm³/mol. The molecule has 0 fully saturated rings. The molecule has 0 amide bonds. The van der Waals surface area contributed by atoms with Crippen LogP contribution in [0, 0.1) is 0 Å². The maximum absolute atomic E-state index is 4.72. The zero-order valence-corrected chi connectivity index (χ0v) is 6.64. The summed E-state index contributed by atoms with van der Waals surface area (Å²) in [5.41, 5.74) is 0. The predicted octanol–water partition coefficient (Wildman–Crippen LogP) is -1.14. The first-order valence-corrected chi connectivity index (χ1v) is 2.79. The summed E-state index contributed by atoms with van der Waals surface area (Å²) in [6.45, 7) is 0.683. The van der Waals surface area contributed by atoms with Gasteiger partial charge in [-0.3, -0.25) is 0 Å². The van der Waals surface area contributed by atoms with Crippen LogP contribution in [0.25, 0.3) is 0 Å². The molecule has 0 bridgehead atoms. The van der Waals surface area contributed by atoms with E-state index in [1.54, 1.807) is 7.11 Å². The molecule has 0 unspecified atom stereocenters. The van der Waals surface area contributed by atoms with Crippen molar-refractivity contribution in [3.63, 3.8) is 0 Å². The third kappa shape index (κ3) is 6.10. The number of methoxy groups -OCH3 is 1. The number of rotatable bonds is 4. The topological polar surface area (TPSA) is 27.7 Å². The van der Waals surface area contributed by atoms with E-state index in [2.05, 4.69) is 9.16 Å². The molecule has 0 radical (unpaired) electrons. The van der Waals surface area contributed by atoms with Crippen molar-refractivity contribution in [3.8, 4) is 0 Å². The molecule has 3 nitrogen and oxygen atoms in total. The average Bonchev–Trinajstić information content (AvgIpc) is 1.69. The van der Waals surface area contributed by atoms with Crippen LogP contribution in [0.4, 0.5) is 0 Å². The van der Waals surface area contributed by atoms with Crippen LogP contribution in [0.5, 0.6) is 0 Å². The molecule has 0 saturated heterocycles. The highest BCUT2D eigenvalue weighted by molar-refractivity contribution is 5.97. The molecular formula is C3H10O3Si. The van der Waals surface area contributed by atoms with Crippen molar-refractivity contribution >= 4 is 10.5 Å². The molecule has 0 rings (SSSR count). The van der Waals surface area contributed by atoms with E-state index in [0.717, 1.165) is 10.5 Å². The minimum absolute atomic E-state index is 0.322. The van der Waals surface area contributed by atoms with Gasteiger partial charge in [-0.15, -0.1) is 0 Å². The van der Waals surface area contributed by atoms with Gasteiger partial charge in [0.2, 0.25) is 0 Å². The minimum atomic E-state index is 0.322. The lowest BCUT2D eigenvalue weighted by atomic mass is 11.3. The summed E-state index contributed by atoms with van der Waals surface area (Å²) < 4.78 is 14.0. The van der Waals surface area contributed by atoms with Crippen LogP contribution >= 0.6 is 0 Å². The molecule has 44 valence electrons. The Hall–Kier alpha value is 0.0969. The fourth-order valence-corrected chi connectivity index (χ4v) is 0.367. The summed E-state index contributed by atoms with van der Waals surface area (Å²) in [6.07, 6.45) is 0. The monoisotopic (exact) mass is 122 g/mol.